The van der Waals surface area contributed by atoms with Crippen molar-refractivity contribution in [2.45, 2.75) is 19.3 Å². The normalized spacial score (nSPS) is 26.7. The molecular formula is C11H20N4O4. The number of ether oxygens (including phenoxy) is 2. The summed E-state index contributed by atoms with van der Waals surface area (Å²) in [6.07, 6.45) is -0.667. The Bertz CT molecular complexity index is 374. The molecule has 2 heterocycles. The van der Waals surface area contributed by atoms with E-state index in [1.165, 1.54) is 14.2 Å². The first kappa shape index (κ1) is 13.9. The number of fused-ring (bicyclic) bond motifs is 1. The topological polar surface area (TPSA) is 65.6 Å². The molecule has 2 atom stereocenters. The van der Waals surface area contributed by atoms with Crippen molar-refractivity contribution in [1.82, 2.24) is 19.6 Å². The standard InChI is InChI=1S/C11H20N4O4/c1-5-13-9-8(14(6-18-3)11(13)17)12(2)10(16)15(9)7-19-4/h8-9H,5-7H2,1-4H3. The van der Waals surface area contributed by atoms with Gasteiger partial charge in [-0.1, -0.05) is 0 Å². The monoisotopic (exact) mass is 272 g/mol. The minimum Gasteiger partial charge on any atom is -0.364 e. The van der Waals surface area contributed by atoms with Crippen molar-refractivity contribution in [3.05, 3.63) is 0 Å². The van der Waals surface area contributed by atoms with E-state index in [2.05, 4.69) is 0 Å². The van der Waals surface area contributed by atoms with Crippen molar-refractivity contribution in [1.29, 1.82) is 0 Å². The Balaban J connectivity index is 2.33. The Labute approximate surface area is 112 Å². The van der Waals surface area contributed by atoms with Gasteiger partial charge in [0.25, 0.3) is 0 Å². The first-order chi connectivity index (χ1) is 9.08. The number of amides is 4. The number of nitrogens with zero attached hydrogens (tertiary/aromatic N) is 4. The number of hydrogen-bond acceptors (Lipinski definition) is 4. The van der Waals surface area contributed by atoms with Crippen LogP contribution >= 0.6 is 0 Å². The predicted molar refractivity (Wildman–Crippen MR) is 65.9 cm³/mol. The number of likely N-dealkylation sites (N-methyl/N-ethyl adjacent to an activating group) is 2. The predicted octanol–water partition coefficient (Wildman–Crippen LogP) is -0.0287. The Morgan fingerprint density at radius 3 is 1.95 bits per heavy atom. The van der Waals surface area contributed by atoms with E-state index in [-0.39, 0.29) is 37.9 Å². The summed E-state index contributed by atoms with van der Waals surface area (Å²) in [6, 6.07) is -0.274. The molecule has 0 saturated carbocycles. The fourth-order valence-corrected chi connectivity index (χ4v) is 2.74. The van der Waals surface area contributed by atoms with Gasteiger partial charge in [-0.15, -0.1) is 0 Å². The van der Waals surface area contributed by atoms with Crippen molar-refractivity contribution in [3.63, 3.8) is 0 Å². The van der Waals surface area contributed by atoms with Crippen LogP contribution < -0.4 is 0 Å². The first-order valence-electron chi connectivity index (χ1n) is 6.17. The van der Waals surface area contributed by atoms with Crippen LogP contribution in [0.25, 0.3) is 0 Å². The van der Waals surface area contributed by atoms with Gasteiger partial charge in [0.2, 0.25) is 0 Å². The highest BCUT2D eigenvalue weighted by Crippen LogP contribution is 2.33. The van der Waals surface area contributed by atoms with E-state index in [1.807, 2.05) is 6.92 Å². The van der Waals surface area contributed by atoms with Crippen molar-refractivity contribution in [2.24, 2.45) is 0 Å². The molecule has 0 aromatic rings. The lowest BCUT2D eigenvalue weighted by Crippen LogP contribution is -2.47. The molecule has 2 saturated heterocycles. The van der Waals surface area contributed by atoms with Crippen LogP contribution in [0.4, 0.5) is 9.59 Å². The average Bonchev–Trinajstić information content (AvgIpc) is 2.79. The fourth-order valence-electron chi connectivity index (χ4n) is 2.74. The van der Waals surface area contributed by atoms with Crippen LogP contribution in [0.15, 0.2) is 0 Å². The first-order valence-corrected chi connectivity index (χ1v) is 6.17. The third-order valence-corrected chi connectivity index (χ3v) is 3.54. The van der Waals surface area contributed by atoms with Gasteiger partial charge in [-0.25, -0.2) is 9.59 Å². The second-order valence-corrected chi connectivity index (χ2v) is 4.56. The maximum absolute atomic E-state index is 12.3. The number of hydrogen-bond donors (Lipinski definition) is 0. The number of methoxy groups -OCH3 is 2. The fraction of sp³-hybridized carbons (Fsp3) is 0.818. The summed E-state index contributed by atoms with van der Waals surface area (Å²) < 4.78 is 10.1. The molecule has 0 radical (unpaired) electrons. The molecule has 0 spiro atoms. The third kappa shape index (κ3) is 1.91. The maximum atomic E-state index is 12.3. The van der Waals surface area contributed by atoms with E-state index in [0.717, 1.165) is 0 Å². The molecule has 0 bridgehead atoms. The number of carbonyl (C=O) groups is 2. The summed E-state index contributed by atoms with van der Waals surface area (Å²) >= 11 is 0. The molecule has 8 heteroatoms. The quantitative estimate of drug-likeness (QED) is 0.705. The van der Waals surface area contributed by atoms with Crippen LogP contribution in [0, 0.1) is 0 Å². The maximum Gasteiger partial charge on any atom is 0.325 e. The van der Waals surface area contributed by atoms with E-state index in [1.54, 1.807) is 26.6 Å². The smallest absolute Gasteiger partial charge is 0.325 e. The van der Waals surface area contributed by atoms with Crippen LogP contribution in [0.1, 0.15) is 6.92 Å². The van der Waals surface area contributed by atoms with Crippen LogP contribution in [0.5, 0.6) is 0 Å². The van der Waals surface area contributed by atoms with Crippen molar-refractivity contribution >= 4 is 12.1 Å². The highest BCUT2D eigenvalue weighted by atomic mass is 16.5. The molecule has 0 aliphatic carbocycles. The summed E-state index contributed by atoms with van der Waals surface area (Å²) in [5.74, 6) is 0. The molecule has 2 rings (SSSR count). The lowest BCUT2D eigenvalue weighted by molar-refractivity contribution is 0.0257. The van der Waals surface area contributed by atoms with E-state index in [9.17, 15) is 9.59 Å². The van der Waals surface area contributed by atoms with Crippen molar-refractivity contribution in [2.75, 3.05) is 41.3 Å². The van der Waals surface area contributed by atoms with Crippen LogP contribution in [0.2, 0.25) is 0 Å². The highest BCUT2D eigenvalue weighted by molar-refractivity contribution is 5.84. The van der Waals surface area contributed by atoms with Crippen molar-refractivity contribution < 1.29 is 19.1 Å². The van der Waals surface area contributed by atoms with Gasteiger partial charge in [0.1, 0.15) is 13.5 Å². The summed E-state index contributed by atoms with van der Waals surface area (Å²) in [6.45, 7) is 2.74. The Morgan fingerprint density at radius 1 is 0.947 bits per heavy atom. The molecule has 2 aliphatic rings. The Morgan fingerprint density at radius 2 is 1.47 bits per heavy atom. The Kier molecular flexibility index (Phi) is 3.81. The Hall–Kier alpha value is -1.54. The molecule has 0 aromatic carbocycles. The van der Waals surface area contributed by atoms with Gasteiger partial charge in [0.05, 0.1) is 0 Å². The molecule has 2 aliphatic heterocycles. The zero-order chi connectivity index (χ0) is 14.2. The molecule has 2 fully saturated rings. The minimum absolute atomic E-state index is 0.125. The van der Waals surface area contributed by atoms with E-state index in [4.69, 9.17) is 9.47 Å². The van der Waals surface area contributed by atoms with Crippen molar-refractivity contribution in [3.8, 4) is 0 Å². The van der Waals surface area contributed by atoms with Gasteiger partial charge in [-0.05, 0) is 6.92 Å². The summed E-state index contributed by atoms with van der Waals surface area (Å²) in [5.41, 5.74) is 0. The lowest BCUT2D eigenvalue weighted by atomic mass is 10.3. The zero-order valence-electron chi connectivity index (χ0n) is 11.7. The number of rotatable bonds is 5. The SMILES string of the molecule is CCN1C(=O)N(COC)C2C1N(COC)C(=O)N2C. The summed E-state index contributed by atoms with van der Waals surface area (Å²) in [7, 11) is 4.74. The molecule has 108 valence electrons. The second-order valence-electron chi connectivity index (χ2n) is 4.56. The van der Waals surface area contributed by atoms with E-state index < -0.39 is 0 Å². The van der Waals surface area contributed by atoms with Gasteiger partial charge >= 0.3 is 12.1 Å². The third-order valence-electron chi connectivity index (χ3n) is 3.54. The lowest BCUT2D eigenvalue weighted by Gasteiger charge is -2.27. The minimum atomic E-state index is -0.338. The van der Waals surface area contributed by atoms with Gasteiger partial charge in [-0.2, -0.15) is 0 Å². The molecule has 19 heavy (non-hydrogen) atoms. The summed E-state index contributed by atoms with van der Waals surface area (Å²) in [5, 5.41) is 0. The molecule has 4 amide bonds. The average molecular weight is 272 g/mol. The van der Waals surface area contributed by atoms with Gasteiger partial charge in [0, 0.05) is 27.8 Å². The van der Waals surface area contributed by atoms with Gasteiger partial charge < -0.3 is 19.3 Å². The largest absolute Gasteiger partial charge is 0.364 e. The highest BCUT2D eigenvalue weighted by Gasteiger charge is 2.57. The molecular weight excluding hydrogens is 252 g/mol. The second kappa shape index (κ2) is 5.22. The van der Waals surface area contributed by atoms with Crippen LogP contribution in [-0.2, 0) is 9.47 Å². The van der Waals surface area contributed by atoms with Crippen LogP contribution in [-0.4, -0.2) is 85.3 Å². The molecule has 0 N–H and O–H groups in total. The number of urea groups is 2. The van der Waals surface area contributed by atoms with E-state index >= 15 is 0 Å². The molecule has 0 aromatic heterocycles. The zero-order valence-corrected chi connectivity index (χ0v) is 11.7. The molecule has 8 nitrogen and oxygen atoms in total. The molecule has 2 unspecified atom stereocenters. The van der Waals surface area contributed by atoms with Gasteiger partial charge in [0.15, 0.2) is 12.3 Å². The summed E-state index contributed by atoms with van der Waals surface area (Å²) in [4.78, 5) is 30.8. The van der Waals surface area contributed by atoms with Gasteiger partial charge in [-0.3, -0.25) is 9.80 Å². The van der Waals surface area contributed by atoms with Crippen LogP contribution in [0.3, 0.4) is 0 Å². The van der Waals surface area contributed by atoms with E-state index in [0.29, 0.717) is 6.54 Å². The number of carbonyl (C=O) groups excluding carboxylic acids is 2.